The Balaban J connectivity index is 0.000000231. The van der Waals surface area contributed by atoms with Crippen LogP contribution < -0.4 is 15.8 Å². The molecule has 1 aromatic carbocycles. The summed E-state index contributed by atoms with van der Waals surface area (Å²) in [7, 11) is 3.39. The minimum Gasteiger partial charge on any atom is -0.496 e. The Morgan fingerprint density at radius 3 is 2.29 bits per heavy atom. The van der Waals surface area contributed by atoms with Crippen LogP contribution in [0, 0.1) is 5.92 Å². The molecule has 0 radical (unpaired) electrons. The van der Waals surface area contributed by atoms with E-state index < -0.39 is 0 Å². The van der Waals surface area contributed by atoms with Crippen LogP contribution in [0.15, 0.2) is 52.1 Å². The molecule has 1 saturated heterocycles. The number of nitrogens with zero attached hydrogens (tertiary/aromatic N) is 1. The van der Waals surface area contributed by atoms with Crippen molar-refractivity contribution in [2.75, 3.05) is 33.0 Å². The molecule has 0 spiro atoms. The number of hydrogen-bond donors (Lipinski definition) is 2. The van der Waals surface area contributed by atoms with Crippen molar-refractivity contribution in [2.45, 2.75) is 25.8 Å². The number of ether oxygens (including phenoxy) is 1. The minimum atomic E-state index is -0.0329. The van der Waals surface area contributed by atoms with E-state index in [0.717, 1.165) is 25.9 Å². The highest BCUT2D eigenvalue weighted by molar-refractivity contribution is 9.10. The van der Waals surface area contributed by atoms with Crippen LogP contribution >= 0.6 is 15.9 Å². The van der Waals surface area contributed by atoms with Crippen LogP contribution in [0.3, 0.4) is 0 Å². The van der Waals surface area contributed by atoms with Gasteiger partial charge in [0.25, 0.3) is 5.91 Å². The predicted octanol–water partition coefficient (Wildman–Crippen LogP) is 3.92. The van der Waals surface area contributed by atoms with Crippen molar-refractivity contribution < 1.29 is 9.53 Å². The zero-order valence-corrected chi connectivity index (χ0v) is 18.3. The lowest BCUT2D eigenvalue weighted by atomic mass is 10.0. The Labute approximate surface area is 175 Å². The Morgan fingerprint density at radius 1 is 1.21 bits per heavy atom. The first-order valence-corrected chi connectivity index (χ1v) is 10.4. The second-order valence-corrected chi connectivity index (χ2v) is 8.21. The van der Waals surface area contributed by atoms with E-state index in [0.29, 0.717) is 27.4 Å². The Hall–Kier alpha value is -2.05. The van der Waals surface area contributed by atoms with Crippen molar-refractivity contribution in [1.29, 1.82) is 0 Å². The molecule has 28 heavy (non-hydrogen) atoms. The molecule has 3 N–H and O–H groups in total. The van der Waals surface area contributed by atoms with E-state index in [-0.39, 0.29) is 11.9 Å². The topological polar surface area (TPSA) is 67.6 Å². The first-order valence-electron chi connectivity index (χ1n) is 9.63. The van der Waals surface area contributed by atoms with Crippen LogP contribution in [0.2, 0.25) is 0 Å². The number of carbonyl (C=O) groups excluding carboxylic acids is 1. The first-order chi connectivity index (χ1) is 13.4. The summed E-state index contributed by atoms with van der Waals surface area (Å²) < 4.78 is 5.99. The van der Waals surface area contributed by atoms with Crippen molar-refractivity contribution in [3.8, 4) is 5.75 Å². The number of fused-ring (bicyclic) bond motifs is 2. The molecule has 3 aliphatic rings. The Morgan fingerprint density at radius 2 is 1.82 bits per heavy atom. The van der Waals surface area contributed by atoms with Crippen LogP contribution in [0.25, 0.3) is 0 Å². The van der Waals surface area contributed by atoms with Gasteiger partial charge in [0.15, 0.2) is 0 Å². The van der Waals surface area contributed by atoms with E-state index in [1.807, 2.05) is 7.05 Å². The van der Waals surface area contributed by atoms with E-state index in [1.54, 1.807) is 24.1 Å². The van der Waals surface area contributed by atoms with Crippen molar-refractivity contribution in [2.24, 2.45) is 5.92 Å². The van der Waals surface area contributed by atoms with Crippen LogP contribution in [0.1, 0.15) is 30.1 Å². The number of rotatable bonds is 3. The van der Waals surface area contributed by atoms with Crippen LogP contribution in [-0.2, 0) is 0 Å². The summed E-state index contributed by atoms with van der Waals surface area (Å²) >= 11 is 3.36. The number of amides is 1. The Bertz CT molecular complexity index is 816. The van der Waals surface area contributed by atoms with Gasteiger partial charge in [-0.3, -0.25) is 4.79 Å². The minimum absolute atomic E-state index is 0.0329. The van der Waals surface area contributed by atoms with E-state index in [4.69, 9.17) is 10.5 Å². The van der Waals surface area contributed by atoms with Gasteiger partial charge in [-0.2, -0.15) is 0 Å². The van der Waals surface area contributed by atoms with Gasteiger partial charge in [-0.15, -0.1) is 0 Å². The maximum atomic E-state index is 12.7. The lowest BCUT2D eigenvalue weighted by molar-refractivity contribution is 0.0700. The smallest absolute Gasteiger partial charge is 0.257 e. The molecule has 0 saturated carbocycles. The average Bonchev–Trinajstić information content (AvgIpc) is 3.26. The molecule has 150 valence electrons. The molecule has 0 atom stereocenters. The maximum absolute atomic E-state index is 12.7. The number of piperidine rings is 1. The monoisotopic (exact) mass is 445 g/mol. The third-order valence-corrected chi connectivity index (χ3v) is 6.35. The first kappa shape index (κ1) is 20.7. The fraction of sp³-hybridized carbons (Fsp3) is 0.409. The van der Waals surface area contributed by atoms with Crippen molar-refractivity contribution >= 4 is 27.5 Å². The number of allylic oxidation sites excluding steroid dienone is 6. The highest BCUT2D eigenvalue weighted by Crippen LogP contribution is 2.34. The molecule has 1 heterocycles. The molecule has 2 bridgehead atoms. The Kier molecular flexibility index (Phi) is 6.62. The van der Waals surface area contributed by atoms with Gasteiger partial charge >= 0.3 is 0 Å². The van der Waals surface area contributed by atoms with Gasteiger partial charge in [0.05, 0.1) is 12.7 Å². The standard InChI is InChI=1S/C14H20BrN3O2.C8H8/c1-18(9-3-5-17-6-4-9)14(19)10-7-11(15)12(16)8-13(10)20-2;1-6-7-2-3-8(6)5-4-7/h7-9,17H,3-6,16H2,1-2H3;2-6H,1H3. The summed E-state index contributed by atoms with van der Waals surface area (Å²) in [5.74, 6) is 1.18. The number of benzene rings is 1. The van der Waals surface area contributed by atoms with Gasteiger partial charge in [-0.25, -0.2) is 0 Å². The maximum Gasteiger partial charge on any atom is 0.257 e. The fourth-order valence-electron chi connectivity index (χ4n) is 3.72. The van der Waals surface area contributed by atoms with Gasteiger partial charge in [0.2, 0.25) is 0 Å². The average molecular weight is 446 g/mol. The molecule has 0 unspecified atom stereocenters. The number of hydrogen-bond acceptors (Lipinski definition) is 4. The molecule has 0 aromatic heterocycles. The van der Waals surface area contributed by atoms with Crippen LogP contribution in [0.4, 0.5) is 5.69 Å². The summed E-state index contributed by atoms with van der Waals surface area (Å²) in [6, 6.07) is 3.67. The zero-order chi connectivity index (χ0) is 20.3. The summed E-state index contributed by atoms with van der Waals surface area (Å²) in [5, 5.41) is 3.30. The van der Waals surface area contributed by atoms with E-state index in [2.05, 4.69) is 52.5 Å². The number of halogens is 1. The number of methoxy groups -OCH3 is 1. The zero-order valence-electron chi connectivity index (χ0n) is 16.7. The fourth-order valence-corrected chi connectivity index (χ4v) is 4.06. The second-order valence-electron chi connectivity index (χ2n) is 7.36. The van der Waals surface area contributed by atoms with Gasteiger partial charge in [0.1, 0.15) is 5.75 Å². The number of nitrogens with two attached hydrogens (primary N) is 1. The molecule has 4 rings (SSSR count). The quantitative estimate of drug-likeness (QED) is 0.691. The van der Waals surface area contributed by atoms with Crippen molar-refractivity contribution in [3.05, 3.63) is 57.6 Å². The highest BCUT2D eigenvalue weighted by Gasteiger charge is 2.25. The van der Waals surface area contributed by atoms with Gasteiger partial charge in [-0.05, 0) is 59.1 Å². The highest BCUT2D eigenvalue weighted by atomic mass is 79.9. The number of nitrogen functional groups attached to an aromatic ring is 1. The second kappa shape index (κ2) is 8.97. The molecule has 1 fully saturated rings. The summed E-state index contributed by atoms with van der Waals surface area (Å²) in [6.45, 7) is 4.14. The predicted molar refractivity (Wildman–Crippen MR) is 118 cm³/mol. The molecule has 5 nitrogen and oxygen atoms in total. The van der Waals surface area contributed by atoms with Crippen molar-refractivity contribution in [3.63, 3.8) is 0 Å². The van der Waals surface area contributed by atoms with Gasteiger partial charge < -0.3 is 20.7 Å². The lowest BCUT2D eigenvalue weighted by Crippen LogP contribution is -2.44. The van der Waals surface area contributed by atoms with E-state index in [9.17, 15) is 4.79 Å². The molecular weight excluding hydrogens is 418 g/mol. The summed E-state index contributed by atoms with van der Waals surface area (Å²) in [5.41, 5.74) is 9.86. The molecule has 2 aliphatic carbocycles. The molecule has 1 aliphatic heterocycles. The third-order valence-electron chi connectivity index (χ3n) is 5.66. The number of anilines is 1. The van der Waals surface area contributed by atoms with Crippen LogP contribution in [0.5, 0.6) is 5.75 Å². The molecule has 1 aromatic rings. The SMILES string of the molecule is CC1C2=CC=C1C=C2.COc1cc(N)c(Br)cc1C(=O)N(C)C1CCNCC1. The molecular formula is C22H28BrN3O2. The lowest BCUT2D eigenvalue weighted by Gasteiger charge is -2.32. The van der Waals surface area contributed by atoms with Gasteiger partial charge in [0, 0.05) is 35.2 Å². The van der Waals surface area contributed by atoms with E-state index in [1.165, 1.54) is 11.1 Å². The number of nitrogens with one attached hydrogen (secondary N) is 1. The summed E-state index contributed by atoms with van der Waals surface area (Å²) in [4.78, 5) is 14.5. The van der Waals surface area contributed by atoms with Gasteiger partial charge in [-0.1, -0.05) is 31.2 Å². The normalized spacial score (nSPS) is 18.3. The summed E-state index contributed by atoms with van der Waals surface area (Å²) in [6.07, 6.45) is 10.7. The molecule has 1 amide bonds. The third kappa shape index (κ3) is 4.33. The van der Waals surface area contributed by atoms with E-state index >= 15 is 0 Å². The molecule has 6 heteroatoms. The largest absolute Gasteiger partial charge is 0.496 e. The number of carbonyl (C=O) groups is 1. The van der Waals surface area contributed by atoms with Crippen LogP contribution in [-0.4, -0.2) is 44.1 Å². The van der Waals surface area contributed by atoms with Crippen molar-refractivity contribution in [1.82, 2.24) is 10.2 Å².